The second-order valence-electron chi connectivity index (χ2n) is 5.55. The Balaban J connectivity index is 1.97. The minimum Gasteiger partial charge on any atom is -0.465 e. The van der Waals surface area contributed by atoms with Crippen molar-refractivity contribution in [2.45, 2.75) is 13.5 Å². The number of aryl methyl sites for hydroxylation is 1. The minimum absolute atomic E-state index is 0.0465. The molecule has 0 aliphatic rings. The molecule has 148 valence electrons. The number of esters is 2. The van der Waals surface area contributed by atoms with E-state index >= 15 is 0 Å². The molecule has 2 rings (SSSR count). The fraction of sp³-hybridized carbons (Fsp3) is 0.211. The summed E-state index contributed by atoms with van der Waals surface area (Å²) in [6, 6.07) is 9.63. The highest BCUT2D eigenvalue weighted by Crippen LogP contribution is 2.18. The number of hydrogen-bond donors (Lipinski definition) is 1. The van der Waals surface area contributed by atoms with E-state index in [1.165, 1.54) is 31.4 Å². The van der Waals surface area contributed by atoms with Gasteiger partial charge in [-0.2, -0.15) is 8.78 Å². The Morgan fingerprint density at radius 1 is 1.04 bits per heavy atom. The highest BCUT2D eigenvalue weighted by atomic mass is 19.3. The van der Waals surface area contributed by atoms with Gasteiger partial charge < -0.3 is 19.5 Å². The van der Waals surface area contributed by atoms with Crippen molar-refractivity contribution in [2.24, 2.45) is 0 Å². The summed E-state index contributed by atoms with van der Waals surface area (Å²) in [6.45, 7) is -1.92. The molecule has 2 aromatic carbocycles. The van der Waals surface area contributed by atoms with E-state index in [0.717, 1.165) is 6.07 Å². The van der Waals surface area contributed by atoms with E-state index in [1.54, 1.807) is 19.1 Å². The highest BCUT2D eigenvalue weighted by molar-refractivity contribution is 5.97. The van der Waals surface area contributed by atoms with Crippen molar-refractivity contribution in [3.8, 4) is 5.75 Å². The molecule has 0 heterocycles. The van der Waals surface area contributed by atoms with E-state index in [1.807, 2.05) is 0 Å². The lowest BCUT2D eigenvalue weighted by Gasteiger charge is -2.11. The van der Waals surface area contributed by atoms with Gasteiger partial charge in [0.1, 0.15) is 5.75 Å². The first-order valence-corrected chi connectivity index (χ1v) is 8.01. The third-order valence-corrected chi connectivity index (χ3v) is 3.56. The van der Waals surface area contributed by atoms with E-state index in [-0.39, 0.29) is 16.9 Å². The molecule has 0 unspecified atom stereocenters. The molecule has 1 amide bonds. The SMILES string of the molecule is COC(=O)c1ccc(C)c(NC(=O)COC(=O)c2cccc(OC(F)F)c2)c1. The number of benzene rings is 2. The number of hydrogen-bond acceptors (Lipinski definition) is 6. The number of nitrogens with one attached hydrogen (secondary N) is 1. The molecule has 1 N–H and O–H groups in total. The Bertz CT molecular complexity index is 884. The van der Waals surface area contributed by atoms with E-state index in [9.17, 15) is 23.2 Å². The molecule has 2 aromatic rings. The van der Waals surface area contributed by atoms with Crippen LogP contribution in [0.15, 0.2) is 42.5 Å². The fourth-order valence-electron chi connectivity index (χ4n) is 2.20. The first kappa shape index (κ1) is 20.8. The number of alkyl halides is 2. The van der Waals surface area contributed by atoms with Gasteiger partial charge in [0, 0.05) is 5.69 Å². The molecule has 0 fully saturated rings. The van der Waals surface area contributed by atoms with Crippen LogP contribution in [0, 0.1) is 6.92 Å². The highest BCUT2D eigenvalue weighted by Gasteiger charge is 2.14. The Labute approximate surface area is 159 Å². The normalized spacial score (nSPS) is 10.3. The molecular formula is C19H17F2NO6. The maximum absolute atomic E-state index is 12.2. The van der Waals surface area contributed by atoms with E-state index in [4.69, 9.17) is 4.74 Å². The lowest BCUT2D eigenvalue weighted by molar-refractivity contribution is -0.119. The molecule has 0 aliphatic heterocycles. The van der Waals surface area contributed by atoms with Crippen molar-refractivity contribution in [1.82, 2.24) is 0 Å². The molecule has 0 aliphatic carbocycles. The zero-order chi connectivity index (χ0) is 20.7. The van der Waals surface area contributed by atoms with Gasteiger partial charge in [0.2, 0.25) is 0 Å². The summed E-state index contributed by atoms with van der Waals surface area (Å²) in [6.07, 6.45) is 0. The Morgan fingerprint density at radius 2 is 1.75 bits per heavy atom. The topological polar surface area (TPSA) is 90.9 Å². The molecular weight excluding hydrogens is 376 g/mol. The average Bonchev–Trinajstić information content (AvgIpc) is 2.66. The van der Waals surface area contributed by atoms with Gasteiger partial charge in [-0.05, 0) is 42.8 Å². The van der Waals surface area contributed by atoms with Gasteiger partial charge in [-0.15, -0.1) is 0 Å². The lowest BCUT2D eigenvalue weighted by Crippen LogP contribution is -2.21. The summed E-state index contributed by atoms with van der Waals surface area (Å²) in [7, 11) is 1.24. The standard InChI is InChI=1S/C19H17F2NO6/c1-11-6-7-13(17(24)26-2)9-15(11)22-16(23)10-27-18(25)12-4-3-5-14(8-12)28-19(20)21/h3-9,19H,10H2,1-2H3,(H,22,23). The summed E-state index contributed by atoms with van der Waals surface area (Å²) in [5.41, 5.74) is 1.24. The number of carbonyl (C=O) groups excluding carboxylic acids is 3. The molecule has 7 nitrogen and oxygen atoms in total. The van der Waals surface area contributed by atoms with Gasteiger partial charge >= 0.3 is 18.6 Å². The summed E-state index contributed by atoms with van der Waals surface area (Å²) in [5.74, 6) is -2.29. The number of carbonyl (C=O) groups is 3. The molecule has 0 radical (unpaired) electrons. The minimum atomic E-state index is -3.03. The van der Waals surface area contributed by atoms with Gasteiger partial charge in [0.15, 0.2) is 6.61 Å². The summed E-state index contributed by atoms with van der Waals surface area (Å²) in [5, 5.41) is 2.53. The molecule has 0 atom stereocenters. The second kappa shape index (κ2) is 9.45. The number of ether oxygens (including phenoxy) is 3. The van der Waals surface area contributed by atoms with Crippen LogP contribution < -0.4 is 10.1 Å². The zero-order valence-corrected chi connectivity index (χ0v) is 15.0. The molecule has 0 bridgehead atoms. The third kappa shape index (κ3) is 5.76. The maximum Gasteiger partial charge on any atom is 0.387 e. The first-order chi connectivity index (χ1) is 13.3. The van der Waals surface area contributed by atoms with Gasteiger partial charge in [0.05, 0.1) is 18.2 Å². The van der Waals surface area contributed by atoms with Crippen molar-refractivity contribution in [1.29, 1.82) is 0 Å². The van der Waals surface area contributed by atoms with Crippen LogP contribution in [0.1, 0.15) is 26.3 Å². The Morgan fingerprint density at radius 3 is 2.43 bits per heavy atom. The van der Waals surface area contributed by atoms with E-state index in [0.29, 0.717) is 11.3 Å². The zero-order valence-electron chi connectivity index (χ0n) is 15.0. The summed E-state index contributed by atoms with van der Waals surface area (Å²) in [4.78, 5) is 35.6. The predicted octanol–water partition coefficient (Wildman–Crippen LogP) is 3.18. The first-order valence-electron chi connectivity index (χ1n) is 8.01. The molecule has 28 heavy (non-hydrogen) atoms. The Hall–Kier alpha value is -3.49. The van der Waals surface area contributed by atoms with Gasteiger partial charge in [0.25, 0.3) is 5.91 Å². The quantitative estimate of drug-likeness (QED) is 0.727. The third-order valence-electron chi connectivity index (χ3n) is 3.56. The summed E-state index contributed by atoms with van der Waals surface area (Å²) >= 11 is 0. The van der Waals surface area contributed by atoms with E-state index < -0.39 is 31.1 Å². The molecule has 0 spiro atoms. The smallest absolute Gasteiger partial charge is 0.387 e. The molecule has 0 aromatic heterocycles. The van der Waals surface area contributed by atoms with Crippen molar-refractivity contribution in [3.05, 3.63) is 59.2 Å². The van der Waals surface area contributed by atoms with Gasteiger partial charge in [-0.25, -0.2) is 9.59 Å². The second-order valence-corrected chi connectivity index (χ2v) is 5.55. The number of anilines is 1. The van der Waals surface area contributed by atoms with Crippen LogP contribution >= 0.6 is 0 Å². The largest absolute Gasteiger partial charge is 0.465 e. The van der Waals surface area contributed by atoms with Gasteiger partial charge in [-0.3, -0.25) is 4.79 Å². The maximum atomic E-state index is 12.2. The van der Waals surface area contributed by atoms with Crippen LogP contribution in [0.2, 0.25) is 0 Å². The molecule has 0 saturated carbocycles. The number of methoxy groups -OCH3 is 1. The molecule has 9 heteroatoms. The predicted molar refractivity (Wildman–Crippen MR) is 94.5 cm³/mol. The van der Waals surface area contributed by atoms with Gasteiger partial charge in [-0.1, -0.05) is 12.1 Å². The van der Waals surface area contributed by atoms with Crippen LogP contribution in [0.3, 0.4) is 0 Å². The Kier molecular flexibility index (Phi) is 7.02. The van der Waals surface area contributed by atoms with Crippen LogP contribution in [0.4, 0.5) is 14.5 Å². The monoisotopic (exact) mass is 393 g/mol. The summed E-state index contributed by atoms with van der Waals surface area (Å²) < 4.78 is 38.2. The average molecular weight is 393 g/mol. The number of amides is 1. The van der Waals surface area contributed by atoms with E-state index in [2.05, 4.69) is 14.8 Å². The molecule has 0 saturated heterocycles. The van der Waals surface area contributed by atoms with Crippen molar-refractivity contribution in [3.63, 3.8) is 0 Å². The van der Waals surface area contributed by atoms with Crippen molar-refractivity contribution in [2.75, 3.05) is 19.0 Å². The van der Waals surface area contributed by atoms with Crippen LogP contribution in [0.5, 0.6) is 5.75 Å². The lowest BCUT2D eigenvalue weighted by atomic mass is 10.1. The van der Waals surface area contributed by atoms with Crippen LogP contribution in [0.25, 0.3) is 0 Å². The fourth-order valence-corrected chi connectivity index (χ4v) is 2.20. The van der Waals surface area contributed by atoms with Crippen LogP contribution in [-0.2, 0) is 14.3 Å². The number of rotatable bonds is 7. The number of halogens is 2. The van der Waals surface area contributed by atoms with Crippen molar-refractivity contribution >= 4 is 23.5 Å². The van der Waals surface area contributed by atoms with Crippen molar-refractivity contribution < 1.29 is 37.4 Å². The van der Waals surface area contributed by atoms with Crippen LogP contribution in [-0.4, -0.2) is 38.2 Å².